The number of hydrogen-bond donors (Lipinski definition) is 4. The Morgan fingerprint density at radius 3 is 2.56 bits per heavy atom. The molecule has 0 spiro atoms. The average molecular weight is 260 g/mol. The van der Waals surface area contributed by atoms with E-state index in [1.165, 1.54) is 0 Å². The minimum atomic E-state index is -1.57. The number of nitrogens with one attached hydrogen (secondary N) is 2. The molecule has 0 aliphatic heterocycles. The molecule has 0 radical (unpaired) electrons. The number of aliphatic carboxylic acids is 1. The molecule has 7 heteroatoms. The fourth-order valence-electron chi connectivity index (χ4n) is 1.62. The fourth-order valence-corrected chi connectivity index (χ4v) is 1.62. The number of aliphatic hydroxyl groups is 1. The molecule has 0 bridgehead atoms. The van der Waals surface area contributed by atoms with Gasteiger partial charge < -0.3 is 25.6 Å². The highest BCUT2D eigenvalue weighted by atomic mass is 16.5. The van der Waals surface area contributed by atoms with E-state index in [4.69, 9.17) is 14.9 Å². The number of carbonyl (C=O) groups excluding carboxylic acids is 1. The summed E-state index contributed by atoms with van der Waals surface area (Å²) < 4.78 is 5.00. The first-order valence-electron chi connectivity index (χ1n) is 5.91. The van der Waals surface area contributed by atoms with Crippen LogP contribution in [0.2, 0.25) is 0 Å². The third-order valence-corrected chi connectivity index (χ3v) is 3.16. The summed E-state index contributed by atoms with van der Waals surface area (Å²) in [6.07, 6.45) is 1.46. The maximum Gasteiger partial charge on any atom is 0.334 e. The van der Waals surface area contributed by atoms with Crippen LogP contribution in [0.25, 0.3) is 0 Å². The molecule has 0 aromatic heterocycles. The van der Waals surface area contributed by atoms with Crippen molar-refractivity contribution in [2.75, 3.05) is 26.8 Å². The number of urea groups is 1. The van der Waals surface area contributed by atoms with Crippen molar-refractivity contribution in [2.45, 2.75) is 25.4 Å². The predicted molar refractivity (Wildman–Crippen MR) is 63.2 cm³/mol. The van der Waals surface area contributed by atoms with Crippen molar-refractivity contribution in [1.29, 1.82) is 0 Å². The Hall–Kier alpha value is -1.34. The maximum atomic E-state index is 11.4. The largest absolute Gasteiger partial charge is 0.479 e. The fraction of sp³-hybridized carbons (Fsp3) is 0.818. The van der Waals surface area contributed by atoms with E-state index in [1.54, 1.807) is 7.11 Å². The summed E-state index contributed by atoms with van der Waals surface area (Å²) in [4.78, 5) is 21.7. The number of carboxylic acids is 1. The molecule has 0 saturated heterocycles. The van der Waals surface area contributed by atoms with E-state index >= 15 is 0 Å². The van der Waals surface area contributed by atoms with Crippen molar-refractivity contribution < 1.29 is 24.5 Å². The van der Waals surface area contributed by atoms with E-state index in [0.29, 0.717) is 13.2 Å². The molecule has 1 rings (SSSR count). The molecule has 1 aliphatic carbocycles. The van der Waals surface area contributed by atoms with Crippen LogP contribution in [0, 0.1) is 5.41 Å². The highest BCUT2D eigenvalue weighted by Crippen LogP contribution is 2.48. The predicted octanol–water partition coefficient (Wildman–Crippen LogP) is -0.452. The van der Waals surface area contributed by atoms with Gasteiger partial charge in [0.15, 0.2) is 6.10 Å². The van der Waals surface area contributed by atoms with Crippen molar-refractivity contribution >= 4 is 12.0 Å². The van der Waals surface area contributed by atoms with Gasteiger partial charge in [-0.3, -0.25) is 0 Å². The summed E-state index contributed by atoms with van der Waals surface area (Å²) in [5, 5.41) is 22.4. The normalized spacial score (nSPS) is 17.9. The first-order valence-corrected chi connectivity index (χ1v) is 5.91. The Morgan fingerprint density at radius 1 is 1.39 bits per heavy atom. The van der Waals surface area contributed by atoms with Crippen molar-refractivity contribution in [3.8, 4) is 0 Å². The summed E-state index contributed by atoms with van der Waals surface area (Å²) in [5.74, 6) is -1.35. The molecule has 1 fully saturated rings. The molecule has 0 unspecified atom stereocenters. The molecule has 4 N–H and O–H groups in total. The van der Waals surface area contributed by atoms with Crippen LogP contribution in [0.5, 0.6) is 0 Å². The van der Waals surface area contributed by atoms with Crippen LogP contribution in [0.15, 0.2) is 0 Å². The van der Waals surface area contributed by atoms with Gasteiger partial charge in [-0.15, -0.1) is 0 Å². The van der Waals surface area contributed by atoms with Gasteiger partial charge in [0, 0.05) is 20.3 Å². The molecule has 2 amide bonds. The van der Waals surface area contributed by atoms with E-state index in [2.05, 4.69) is 10.6 Å². The number of carbonyl (C=O) groups is 2. The second-order valence-electron chi connectivity index (χ2n) is 4.66. The van der Waals surface area contributed by atoms with Crippen molar-refractivity contribution in [2.24, 2.45) is 5.41 Å². The van der Waals surface area contributed by atoms with Crippen molar-refractivity contribution in [3.63, 3.8) is 0 Å². The van der Waals surface area contributed by atoms with Crippen molar-refractivity contribution in [3.05, 3.63) is 0 Å². The molecular weight excluding hydrogens is 240 g/mol. The Kier molecular flexibility index (Phi) is 5.36. The van der Waals surface area contributed by atoms with Gasteiger partial charge in [0.1, 0.15) is 0 Å². The molecule has 1 atom stereocenters. The minimum Gasteiger partial charge on any atom is -0.479 e. The zero-order valence-electron chi connectivity index (χ0n) is 10.4. The first kappa shape index (κ1) is 14.7. The van der Waals surface area contributed by atoms with Gasteiger partial charge in [-0.05, 0) is 24.7 Å². The SMILES string of the molecule is COCCC1(CNC(=O)NC[C@H](O)C(=O)O)CC1. The van der Waals surface area contributed by atoms with Gasteiger partial charge in [-0.2, -0.15) is 0 Å². The second kappa shape index (κ2) is 6.55. The van der Waals surface area contributed by atoms with Crippen LogP contribution in [-0.2, 0) is 9.53 Å². The maximum absolute atomic E-state index is 11.4. The summed E-state index contributed by atoms with van der Waals surface area (Å²) in [6, 6.07) is -0.459. The van der Waals surface area contributed by atoms with Gasteiger partial charge in [0.25, 0.3) is 0 Å². The summed E-state index contributed by atoms with van der Waals surface area (Å²) >= 11 is 0. The van der Waals surface area contributed by atoms with Crippen LogP contribution in [0.3, 0.4) is 0 Å². The van der Waals surface area contributed by atoms with E-state index in [9.17, 15) is 9.59 Å². The molecule has 104 valence electrons. The highest BCUT2D eigenvalue weighted by Gasteiger charge is 2.42. The number of methoxy groups -OCH3 is 1. The highest BCUT2D eigenvalue weighted by molar-refractivity contribution is 5.76. The molecule has 7 nitrogen and oxygen atoms in total. The average Bonchev–Trinajstić information content (AvgIpc) is 3.11. The lowest BCUT2D eigenvalue weighted by Gasteiger charge is -2.16. The summed E-state index contributed by atoms with van der Waals surface area (Å²) in [5.41, 5.74) is 0.138. The van der Waals surface area contributed by atoms with Crippen LogP contribution >= 0.6 is 0 Å². The Bertz CT molecular complexity index is 304. The number of amides is 2. The number of aliphatic hydroxyl groups excluding tert-OH is 1. The first-order chi connectivity index (χ1) is 8.49. The van der Waals surface area contributed by atoms with E-state index in [1.807, 2.05) is 0 Å². The van der Waals surface area contributed by atoms with Gasteiger partial charge >= 0.3 is 12.0 Å². The Balaban J connectivity index is 2.15. The van der Waals surface area contributed by atoms with Crippen LogP contribution < -0.4 is 10.6 Å². The zero-order valence-corrected chi connectivity index (χ0v) is 10.4. The number of carboxylic acid groups (broad SMARTS) is 1. The molecule has 0 heterocycles. The third kappa shape index (κ3) is 4.89. The van der Waals surface area contributed by atoms with Gasteiger partial charge in [-0.1, -0.05) is 0 Å². The Labute approximate surface area is 106 Å². The smallest absolute Gasteiger partial charge is 0.334 e. The lowest BCUT2D eigenvalue weighted by Crippen LogP contribution is -2.43. The van der Waals surface area contributed by atoms with Crippen LogP contribution in [-0.4, -0.2) is 55.1 Å². The Morgan fingerprint density at radius 2 is 2.06 bits per heavy atom. The lowest BCUT2D eigenvalue weighted by atomic mass is 10.0. The quantitative estimate of drug-likeness (QED) is 0.472. The van der Waals surface area contributed by atoms with Crippen molar-refractivity contribution in [1.82, 2.24) is 10.6 Å². The molecule has 18 heavy (non-hydrogen) atoms. The molecule has 0 aromatic carbocycles. The third-order valence-electron chi connectivity index (χ3n) is 3.16. The number of hydrogen-bond acceptors (Lipinski definition) is 4. The lowest BCUT2D eigenvalue weighted by molar-refractivity contribution is -0.146. The molecular formula is C11H20N2O5. The standard InChI is InChI=1S/C11H20N2O5/c1-18-5-4-11(2-3-11)7-13-10(17)12-6-8(14)9(15)16/h8,14H,2-7H2,1H3,(H,15,16)(H2,12,13,17)/t8-/m0/s1. The summed E-state index contributed by atoms with van der Waals surface area (Å²) in [6.45, 7) is 0.915. The summed E-state index contributed by atoms with van der Waals surface area (Å²) in [7, 11) is 1.64. The van der Waals surface area contributed by atoms with Gasteiger partial charge in [0.2, 0.25) is 0 Å². The minimum absolute atomic E-state index is 0.138. The van der Waals surface area contributed by atoms with Crippen LogP contribution in [0.1, 0.15) is 19.3 Å². The number of rotatable bonds is 8. The molecule has 1 saturated carbocycles. The topological polar surface area (TPSA) is 108 Å². The number of ether oxygens (including phenoxy) is 1. The van der Waals surface area contributed by atoms with E-state index in [-0.39, 0.29) is 12.0 Å². The monoisotopic (exact) mass is 260 g/mol. The van der Waals surface area contributed by atoms with E-state index in [0.717, 1.165) is 19.3 Å². The van der Waals surface area contributed by atoms with Crippen LogP contribution in [0.4, 0.5) is 4.79 Å². The second-order valence-corrected chi connectivity index (χ2v) is 4.66. The van der Waals surface area contributed by atoms with Gasteiger partial charge in [0.05, 0.1) is 6.54 Å². The van der Waals surface area contributed by atoms with Gasteiger partial charge in [-0.25, -0.2) is 9.59 Å². The molecule has 0 aromatic rings. The molecule has 1 aliphatic rings. The van der Waals surface area contributed by atoms with E-state index < -0.39 is 18.1 Å². The zero-order chi connectivity index (χ0) is 13.6.